The van der Waals surface area contributed by atoms with Crippen molar-refractivity contribution in [2.75, 3.05) is 23.0 Å². The summed E-state index contributed by atoms with van der Waals surface area (Å²) in [5.74, 6) is 5.19. The fraction of sp³-hybridized carbons (Fsp3) is 1.00. The van der Waals surface area contributed by atoms with Gasteiger partial charge in [-0.15, -0.1) is 0 Å². The summed E-state index contributed by atoms with van der Waals surface area (Å²) in [6.45, 7) is 4.47. The Morgan fingerprint density at radius 3 is 1.80 bits per heavy atom. The molecule has 92 valence electrons. The average Bonchev–Trinajstić information content (AvgIpc) is 2.27. The molecule has 0 aliphatic rings. The molecule has 0 radical (unpaired) electrons. The van der Waals surface area contributed by atoms with Crippen molar-refractivity contribution in [2.45, 2.75) is 45.1 Å². The van der Waals surface area contributed by atoms with Crippen LogP contribution in [0.5, 0.6) is 0 Å². The van der Waals surface area contributed by atoms with Crippen LogP contribution in [0.15, 0.2) is 0 Å². The van der Waals surface area contributed by atoms with Crippen LogP contribution in [0.1, 0.15) is 39.5 Å². The van der Waals surface area contributed by atoms with Crippen molar-refractivity contribution in [1.82, 2.24) is 0 Å². The lowest BCUT2D eigenvalue weighted by Gasteiger charge is -2.12. The van der Waals surface area contributed by atoms with Crippen LogP contribution < -0.4 is 0 Å². The Labute approximate surface area is 111 Å². The van der Waals surface area contributed by atoms with Gasteiger partial charge in [0.05, 0.1) is 0 Å². The molecule has 0 spiro atoms. The van der Waals surface area contributed by atoms with Gasteiger partial charge in [0.2, 0.25) is 0 Å². The van der Waals surface area contributed by atoms with Gasteiger partial charge in [0.15, 0.2) is 0 Å². The van der Waals surface area contributed by atoms with E-state index in [4.69, 9.17) is 11.1 Å². The fourth-order valence-electron chi connectivity index (χ4n) is 1.54. The van der Waals surface area contributed by atoms with E-state index in [1.54, 1.807) is 0 Å². The van der Waals surface area contributed by atoms with Gasteiger partial charge in [-0.2, -0.15) is 34.6 Å². The van der Waals surface area contributed by atoms with Crippen molar-refractivity contribution in [3.8, 4) is 0 Å². The largest absolute Gasteiger partial charge is 0.176 e. The molecule has 0 aromatic carbocycles. The highest BCUT2D eigenvalue weighted by Gasteiger charge is 2.07. The summed E-state index contributed by atoms with van der Waals surface area (Å²) in [7, 11) is -0.287. The minimum atomic E-state index is -0.287. The van der Waals surface area contributed by atoms with E-state index in [1.165, 1.54) is 48.7 Å². The Balaban J connectivity index is 3.29. The van der Waals surface area contributed by atoms with Crippen molar-refractivity contribution in [3.05, 3.63) is 0 Å². The Bertz CT molecular complexity index is 113. The average molecular weight is 285 g/mol. The summed E-state index contributed by atoms with van der Waals surface area (Å²) in [6.07, 6.45) is 5.53. The lowest BCUT2D eigenvalue weighted by atomic mass is 10.1. The van der Waals surface area contributed by atoms with E-state index in [-0.39, 0.29) is 8.83 Å². The Hall–Kier alpha value is 1.21. The second-order valence-electron chi connectivity index (χ2n) is 3.70. The SMILES string of the molecule is CCSCCCC(CCCSCC)[SiH2]Cl. The molecule has 0 aliphatic heterocycles. The van der Waals surface area contributed by atoms with Gasteiger partial charge < -0.3 is 0 Å². The summed E-state index contributed by atoms with van der Waals surface area (Å²) >= 11 is 10.2. The van der Waals surface area contributed by atoms with Crippen LogP contribution in [0, 0.1) is 0 Å². The molecule has 0 bridgehead atoms. The van der Waals surface area contributed by atoms with E-state index in [2.05, 4.69) is 37.4 Å². The van der Waals surface area contributed by atoms with E-state index < -0.39 is 0 Å². The van der Waals surface area contributed by atoms with Crippen LogP contribution in [0.2, 0.25) is 5.54 Å². The Morgan fingerprint density at radius 2 is 1.47 bits per heavy atom. The van der Waals surface area contributed by atoms with Gasteiger partial charge in [-0.05, 0) is 41.4 Å². The molecule has 0 atom stereocenters. The van der Waals surface area contributed by atoms with Gasteiger partial charge in [-0.25, -0.2) is 0 Å². The van der Waals surface area contributed by atoms with Crippen LogP contribution in [0.25, 0.3) is 0 Å². The van der Waals surface area contributed by atoms with Crippen molar-refractivity contribution >= 4 is 43.4 Å². The first kappa shape index (κ1) is 16.2. The monoisotopic (exact) mass is 284 g/mol. The fourth-order valence-corrected chi connectivity index (χ4v) is 4.67. The lowest BCUT2D eigenvalue weighted by molar-refractivity contribution is 0.659. The molecule has 0 nitrogen and oxygen atoms in total. The zero-order valence-corrected chi connectivity index (χ0v) is 13.9. The van der Waals surface area contributed by atoms with Crippen molar-refractivity contribution in [1.29, 1.82) is 0 Å². The molecule has 0 amide bonds. The molecule has 0 unspecified atom stereocenters. The molecule has 0 N–H and O–H groups in total. The summed E-state index contributed by atoms with van der Waals surface area (Å²) in [5.41, 5.74) is 0.904. The molecule has 0 aromatic rings. The molecule has 15 heavy (non-hydrogen) atoms. The number of hydrogen-bond acceptors (Lipinski definition) is 2. The summed E-state index contributed by atoms with van der Waals surface area (Å²) in [4.78, 5) is 0. The normalized spacial score (nSPS) is 12.0. The molecular weight excluding hydrogens is 260 g/mol. The topological polar surface area (TPSA) is 0 Å². The molecule has 0 aromatic heterocycles. The maximum absolute atomic E-state index is 6.12. The highest BCUT2D eigenvalue weighted by Crippen LogP contribution is 2.22. The third kappa shape index (κ3) is 11.5. The van der Waals surface area contributed by atoms with Crippen molar-refractivity contribution in [2.24, 2.45) is 0 Å². The van der Waals surface area contributed by atoms with Gasteiger partial charge in [0.25, 0.3) is 0 Å². The first-order valence-electron chi connectivity index (χ1n) is 6.06. The van der Waals surface area contributed by atoms with E-state index in [0.717, 1.165) is 5.54 Å². The van der Waals surface area contributed by atoms with Gasteiger partial charge in [-0.1, -0.05) is 26.7 Å². The van der Waals surface area contributed by atoms with Gasteiger partial charge in [0, 0.05) is 0 Å². The number of hydrogen-bond donors (Lipinski definition) is 0. The second kappa shape index (κ2) is 13.3. The zero-order valence-electron chi connectivity index (χ0n) is 10.1. The van der Waals surface area contributed by atoms with E-state index >= 15 is 0 Å². The van der Waals surface area contributed by atoms with E-state index in [1.807, 2.05) is 0 Å². The molecule has 0 saturated heterocycles. The van der Waals surface area contributed by atoms with Crippen LogP contribution >= 0.6 is 34.6 Å². The number of thioether (sulfide) groups is 2. The molecular formula is C11H25ClS2Si. The summed E-state index contributed by atoms with van der Waals surface area (Å²) in [5, 5.41) is 0. The maximum Gasteiger partial charge on any atom is 0.128 e. The van der Waals surface area contributed by atoms with Crippen LogP contribution in [0.3, 0.4) is 0 Å². The van der Waals surface area contributed by atoms with Crippen LogP contribution in [-0.2, 0) is 0 Å². The first-order valence-corrected chi connectivity index (χ1v) is 11.3. The predicted octanol–water partition coefficient (Wildman–Crippen LogP) is 4.16. The zero-order chi connectivity index (χ0) is 11.4. The smallest absolute Gasteiger partial charge is 0.128 e. The molecule has 0 fully saturated rings. The van der Waals surface area contributed by atoms with E-state index in [9.17, 15) is 0 Å². The number of halogens is 1. The van der Waals surface area contributed by atoms with Gasteiger partial charge in [0.1, 0.15) is 8.83 Å². The Morgan fingerprint density at radius 1 is 1.00 bits per heavy atom. The highest BCUT2D eigenvalue weighted by atomic mass is 35.6. The number of rotatable bonds is 11. The summed E-state index contributed by atoms with van der Waals surface area (Å²) in [6, 6.07) is 0. The quantitative estimate of drug-likeness (QED) is 0.317. The van der Waals surface area contributed by atoms with Crippen LogP contribution in [0.4, 0.5) is 0 Å². The Kier molecular flexibility index (Phi) is 14.3. The third-order valence-electron chi connectivity index (χ3n) is 2.43. The van der Waals surface area contributed by atoms with Gasteiger partial charge >= 0.3 is 0 Å². The third-order valence-corrected chi connectivity index (χ3v) is 6.96. The molecule has 0 aliphatic carbocycles. The maximum atomic E-state index is 6.12. The second-order valence-corrected chi connectivity index (χ2v) is 8.88. The summed E-state index contributed by atoms with van der Waals surface area (Å²) < 4.78 is 0. The van der Waals surface area contributed by atoms with Crippen molar-refractivity contribution < 1.29 is 0 Å². The molecule has 4 heteroatoms. The van der Waals surface area contributed by atoms with Crippen LogP contribution in [-0.4, -0.2) is 31.8 Å². The first-order chi connectivity index (χ1) is 7.35. The standard InChI is InChI=1S/C11H25ClS2Si/c1-3-13-9-5-7-11(15-12)8-6-10-14-4-2/h11H,3-10,15H2,1-2H3. The highest BCUT2D eigenvalue weighted by molar-refractivity contribution is 7.99. The van der Waals surface area contributed by atoms with E-state index in [0.29, 0.717) is 0 Å². The van der Waals surface area contributed by atoms with Crippen molar-refractivity contribution in [3.63, 3.8) is 0 Å². The molecule has 0 rings (SSSR count). The lowest BCUT2D eigenvalue weighted by Crippen LogP contribution is -2.00. The minimum Gasteiger partial charge on any atom is -0.176 e. The minimum absolute atomic E-state index is 0.287. The molecule has 0 saturated carbocycles. The molecule has 0 heterocycles. The van der Waals surface area contributed by atoms with Gasteiger partial charge in [-0.3, -0.25) is 0 Å². The predicted molar refractivity (Wildman–Crippen MR) is 82.6 cm³/mol.